The molecule has 0 saturated carbocycles. The van der Waals surface area contributed by atoms with Crippen molar-refractivity contribution in [1.82, 2.24) is 0 Å². The molecule has 1 rings (SSSR count). The Bertz CT molecular complexity index is 332. The summed E-state index contributed by atoms with van der Waals surface area (Å²) in [6.45, 7) is 7.68. The summed E-state index contributed by atoms with van der Waals surface area (Å²) >= 11 is 0. The van der Waals surface area contributed by atoms with Gasteiger partial charge in [-0.2, -0.15) is 0 Å². The predicted octanol–water partition coefficient (Wildman–Crippen LogP) is 4.74. The highest BCUT2D eigenvalue weighted by Gasteiger charge is 2.31. The van der Waals surface area contributed by atoms with Gasteiger partial charge in [0.05, 0.1) is 0 Å². The van der Waals surface area contributed by atoms with Crippen molar-refractivity contribution >= 4 is 0 Å². The summed E-state index contributed by atoms with van der Waals surface area (Å²) in [6, 6.07) is 4.95. The van der Waals surface area contributed by atoms with Gasteiger partial charge in [-0.15, -0.1) is 13.2 Å². The maximum Gasteiger partial charge on any atom is 0.573 e. The standard InChI is InChI=1S/C11H13F3O.C2H6/c1-3-8-5-6-9(4-2)10(7-8)15-11(12,13)14;1-2/h5-7H,3-4H2,1-2H3;1-2H3. The number of aryl methyl sites for hydroxylation is 2. The Morgan fingerprint density at radius 1 is 1.06 bits per heavy atom. The van der Waals surface area contributed by atoms with Crippen LogP contribution in [0.1, 0.15) is 38.8 Å². The first-order valence-corrected chi connectivity index (χ1v) is 5.83. The Balaban J connectivity index is 0.00000121. The highest BCUT2D eigenvalue weighted by Crippen LogP contribution is 2.28. The molecule has 0 heterocycles. The first-order chi connectivity index (χ1) is 7.96. The quantitative estimate of drug-likeness (QED) is 0.751. The topological polar surface area (TPSA) is 9.23 Å². The van der Waals surface area contributed by atoms with Gasteiger partial charge in [-0.05, 0) is 30.0 Å². The van der Waals surface area contributed by atoms with Crippen LogP contribution in [-0.2, 0) is 12.8 Å². The Kier molecular flexibility index (Phi) is 6.69. The Morgan fingerprint density at radius 3 is 2.06 bits per heavy atom. The fourth-order valence-corrected chi connectivity index (χ4v) is 1.33. The number of halogens is 3. The van der Waals surface area contributed by atoms with Gasteiger partial charge in [-0.3, -0.25) is 0 Å². The van der Waals surface area contributed by atoms with Crippen LogP contribution in [-0.4, -0.2) is 6.36 Å². The molecule has 0 fully saturated rings. The van der Waals surface area contributed by atoms with Crippen molar-refractivity contribution in [2.24, 2.45) is 0 Å². The van der Waals surface area contributed by atoms with E-state index >= 15 is 0 Å². The Labute approximate surface area is 101 Å². The number of benzene rings is 1. The molecule has 0 aliphatic heterocycles. The minimum Gasteiger partial charge on any atom is -0.405 e. The van der Waals surface area contributed by atoms with Crippen LogP contribution < -0.4 is 4.74 Å². The van der Waals surface area contributed by atoms with Gasteiger partial charge in [0.2, 0.25) is 0 Å². The van der Waals surface area contributed by atoms with E-state index in [1.54, 1.807) is 13.0 Å². The molecule has 1 aromatic carbocycles. The third-order valence-electron chi connectivity index (χ3n) is 2.15. The van der Waals surface area contributed by atoms with E-state index in [9.17, 15) is 13.2 Å². The second-order valence-electron chi connectivity index (χ2n) is 3.20. The number of alkyl halides is 3. The van der Waals surface area contributed by atoms with Gasteiger partial charge >= 0.3 is 6.36 Å². The van der Waals surface area contributed by atoms with Crippen LogP contribution in [0.25, 0.3) is 0 Å². The van der Waals surface area contributed by atoms with Gasteiger partial charge in [0, 0.05) is 0 Å². The Hall–Kier alpha value is -1.19. The van der Waals surface area contributed by atoms with Crippen LogP contribution in [0, 0.1) is 0 Å². The summed E-state index contributed by atoms with van der Waals surface area (Å²) in [5, 5.41) is 0. The molecule has 0 amide bonds. The molecule has 0 aliphatic carbocycles. The zero-order chi connectivity index (χ0) is 13.5. The second-order valence-corrected chi connectivity index (χ2v) is 3.20. The van der Waals surface area contributed by atoms with Crippen LogP contribution >= 0.6 is 0 Å². The maximum atomic E-state index is 12.1. The van der Waals surface area contributed by atoms with Crippen molar-refractivity contribution in [3.63, 3.8) is 0 Å². The van der Waals surface area contributed by atoms with Gasteiger partial charge in [0.25, 0.3) is 0 Å². The molecule has 0 unspecified atom stereocenters. The van der Waals surface area contributed by atoms with Gasteiger partial charge in [-0.25, -0.2) is 0 Å². The summed E-state index contributed by atoms with van der Waals surface area (Å²) < 4.78 is 40.2. The molecule has 0 spiro atoms. The minimum atomic E-state index is -4.61. The molecule has 0 bridgehead atoms. The molecule has 0 N–H and O–H groups in total. The van der Waals surface area contributed by atoms with Gasteiger partial charge in [0.1, 0.15) is 5.75 Å². The fraction of sp³-hybridized carbons (Fsp3) is 0.538. The van der Waals surface area contributed by atoms with Crippen LogP contribution in [0.5, 0.6) is 5.75 Å². The number of ether oxygens (including phenoxy) is 1. The monoisotopic (exact) mass is 248 g/mol. The van der Waals surface area contributed by atoms with Crippen LogP contribution in [0.15, 0.2) is 18.2 Å². The molecular weight excluding hydrogens is 229 g/mol. The van der Waals surface area contributed by atoms with Gasteiger partial charge in [0.15, 0.2) is 0 Å². The zero-order valence-electron chi connectivity index (χ0n) is 10.7. The predicted molar refractivity (Wildman–Crippen MR) is 63.2 cm³/mol. The normalized spacial score (nSPS) is 10.5. The number of hydrogen-bond donors (Lipinski definition) is 0. The molecule has 1 nitrogen and oxygen atoms in total. The van der Waals surface area contributed by atoms with E-state index in [-0.39, 0.29) is 5.75 Å². The van der Waals surface area contributed by atoms with Crippen LogP contribution in [0.2, 0.25) is 0 Å². The summed E-state index contributed by atoms with van der Waals surface area (Å²) in [4.78, 5) is 0. The van der Waals surface area contributed by atoms with Crippen molar-refractivity contribution in [3.8, 4) is 5.75 Å². The lowest BCUT2D eigenvalue weighted by Crippen LogP contribution is -2.18. The average molecular weight is 248 g/mol. The second kappa shape index (κ2) is 7.20. The third-order valence-corrected chi connectivity index (χ3v) is 2.15. The SMILES string of the molecule is CC.CCc1ccc(CC)c(OC(F)(F)F)c1. The van der Waals surface area contributed by atoms with E-state index < -0.39 is 6.36 Å². The summed E-state index contributed by atoms with van der Waals surface area (Å²) in [6.07, 6.45) is -3.40. The third kappa shape index (κ3) is 5.61. The lowest BCUT2D eigenvalue weighted by Gasteiger charge is -2.13. The summed E-state index contributed by atoms with van der Waals surface area (Å²) in [5.41, 5.74) is 1.41. The van der Waals surface area contributed by atoms with E-state index in [1.807, 2.05) is 26.8 Å². The molecule has 98 valence electrons. The molecular formula is C13H19F3O. The van der Waals surface area contributed by atoms with Crippen molar-refractivity contribution < 1.29 is 17.9 Å². The molecule has 0 aromatic heterocycles. The first-order valence-electron chi connectivity index (χ1n) is 5.83. The van der Waals surface area contributed by atoms with Crippen molar-refractivity contribution in [2.75, 3.05) is 0 Å². The van der Waals surface area contributed by atoms with Gasteiger partial charge in [-0.1, -0.05) is 39.8 Å². The van der Waals surface area contributed by atoms with E-state index in [4.69, 9.17) is 0 Å². The van der Waals surface area contributed by atoms with E-state index in [2.05, 4.69) is 4.74 Å². The van der Waals surface area contributed by atoms with Gasteiger partial charge < -0.3 is 4.74 Å². The van der Waals surface area contributed by atoms with Crippen LogP contribution in [0.3, 0.4) is 0 Å². The number of hydrogen-bond acceptors (Lipinski definition) is 1. The molecule has 0 saturated heterocycles. The fourth-order valence-electron chi connectivity index (χ4n) is 1.33. The summed E-state index contributed by atoms with van der Waals surface area (Å²) in [7, 11) is 0. The smallest absolute Gasteiger partial charge is 0.405 e. The maximum absolute atomic E-state index is 12.1. The van der Waals surface area contributed by atoms with E-state index in [0.717, 1.165) is 5.56 Å². The zero-order valence-corrected chi connectivity index (χ0v) is 10.7. The van der Waals surface area contributed by atoms with Crippen molar-refractivity contribution in [1.29, 1.82) is 0 Å². The minimum absolute atomic E-state index is 0.0793. The summed E-state index contributed by atoms with van der Waals surface area (Å²) in [5.74, 6) is -0.0793. The largest absolute Gasteiger partial charge is 0.573 e. The highest BCUT2D eigenvalue weighted by atomic mass is 19.4. The molecule has 4 heteroatoms. The first kappa shape index (κ1) is 15.8. The highest BCUT2D eigenvalue weighted by molar-refractivity contribution is 5.37. The average Bonchev–Trinajstić information content (AvgIpc) is 2.29. The molecule has 1 aromatic rings. The Morgan fingerprint density at radius 2 is 1.65 bits per heavy atom. The van der Waals surface area contributed by atoms with E-state index in [0.29, 0.717) is 18.4 Å². The van der Waals surface area contributed by atoms with Crippen molar-refractivity contribution in [3.05, 3.63) is 29.3 Å². The lowest BCUT2D eigenvalue weighted by molar-refractivity contribution is -0.274. The van der Waals surface area contributed by atoms with E-state index in [1.165, 1.54) is 6.07 Å². The molecule has 0 aliphatic rings. The number of rotatable bonds is 3. The van der Waals surface area contributed by atoms with Crippen molar-refractivity contribution in [2.45, 2.75) is 46.9 Å². The molecule has 0 atom stereocenters. The molecule has 17 heavy (non-hydrogen) atoms. The lowest BCUT2D eigenvalue weighted by atomic mass is 10.1. The van der Waals surface area contributed by atoms with Crippen LogP contribution in [0.4, 0.5) is 13.2 Å². The molecule has 0 radical (unpaired) electrons.